The van der Waals surface area contributed by atoms with Gasteiger partial charge in [-0.1, -0.05) is 35.5 Å². The monoisotopic (exact) mass is 406 g/mol. The van der Waals surface area contributed by atoms with Crippen LogP contribution >= 0.6 is 0 Å². The Hall–Kier alpha value is -2.70. The Morgan fingerprint density at radius 3 is 2.63 bits per heavy atom. The van der Waals surface area contributed by atoms with Crippen molar-refractivity contribution in [2.45, 2.75) is 31.7 Å². The van der Waals surface area contributed by atoms with Gasteiger partial charge in [0.25, 0.3) is 0 Å². The van der Waals surface area contributed by atoms with E-state index in [1.54, 1.807) is 7.11 Å². The number of benzene rings is 2. The molecule has 0 atom stereocenters. The number of para-hydroxylation sites is 1. The fourth-order valence-electron chi connectivity index (χ4n) is 3.98. The van der Waals surface area contributed by atoms with Crippen molar-refractivity contribution < 1.29 is 9.47 Å². The fraction of sp³-hybridized carbons (Fsp3) is 0.417. The molecule has 30 heavy (non-hydrogen) atoms. The number of methoxy groups -OCH3 is 1. The number of hydrogen-bond acceptors (Lipinski definition) is 5. The first kappa shape index (κ1) is 20.6. The second-order valence-corrected chi connectivity index (χ2v) is 7.81. The van der Waals surface area contributed by atoms with Crippen LogP contribution in [-0.2, 0) is 11.3 Å². The van der Waals surface area contributed by atoms with Crippen LogP contribution in [0.2, 0.25) is 0 Å². The number of rotatable bonds is 9. The summed E-state index contributed by atoms with van der Waals surface area (Å²) in [5.41, 5.74) is 3.44. The average molecular weight is 407 g/mol. The third-order valence-electron chi connectivity index (χ3n) is 5.63. The molecule has 1 aliphatic heterocycles. The molecule has 1 fully saturated rings. The number of piperidine rings is 1. The van der Waals surface area contributed by atoms with Crippen LogP contribution in [0.1, 0.15) is 36.4 Å². The first-order valence-corrected chi connectivity index (χ1v) is 10.7. The van der Waals surface area contributed by atoms with Gasteiger partial charge >= 0.3 is 0 Å². The number of ether oxygens (including phenoxy) is 2. The van der Waals surface area contributed by atoms with Gasteiger partial charge in [0.15, 0.2) is 0 Å². The van der Waals surface area contributed by atoms with Gasteiger partial charge in [-0.3, -0.25) is 4.90 Å². The van der Waals surface area contributed by atoms with Crippen molar-refractivity contribution in [1.82, 2.24) is 19.9 Å². The zero-order chi connectivity index (χ0) is 20.6. The van der Waals surface area contributed by atoms with E-state index in [1.165, 1.54) is 5.56 Å². The van der Waals surface area contributed by atoms with E-state index in [1.807, 2.05) is 47.3 Å². The summed E-state index contributed by atoms with van der Waals surface area (Å²) in [5, 5.41) is 8.64. The lowest BCUT2D eigenvalue weighted by molar-refractivity contribution is 0.172. The van der Waals surface area contributed by atoms with E-state index in [-0.39, 0.29) is 0 Å². The summed E-state index contributed by atoms with van der Waals surface area (Å²) in [6.07, 6.45) is 5.25. The Morgan fingerprint density at radius 1 is 1.00 bits per heavy atom. The van der Waals surface area contributed by atoms with Crippen LogP contribution in [0, 0.1) is 0 Å². The lowest BCUT2D eigenvalue weighted by Gasteiger charge is -2.31. The lowest BCUT2D eigenvalue weighted by Crippen LogP contribution is -2.32. The van der Waals surface area contributed by atoms with E-state index in [2.05, 4.69) is 33.4 Å². The molecule has 1 aromatic heterocycles. The van der Waals surface area contributed by atoms with Crippen LogP contribution in [0.3, 0.4) is 0 Å². The molecule has 0 unspecified atom stereocenters. The summed E-state index contributed by atoms with van der Waals surface area (Å²) in [6, 6.07) is 18.7. The molecule has 2 heterocycles. The van der Waals surface area contributed by atoms with E-state index in [0.29, 0.717) is 12.5 Å². The molecule has 2 aromatic carbocycles. The van der Waals surface area contributed by atoms with Crippen molar-refractivity contribution in [1.29, 1.82) is 0 Å². The van der Waals surface area contributed by atoms with Crippen LogP contribution in [-0.4, -0.2) is 53.3 Å². The molecular formula is C24H30N4O2. The van der Waals surface area contributed by atoms with Gasteiger partial charge < -0.3 is 9.47 Å². The van der Waals surface area contributed by atoms with Gasteiger partial charge in [-0.15, -0.1) is 5.10 Å². The minimum absolute atomic E-state index is 0.587. The summed E-state index contributed by atoms with van der Waals surface area (Å²) in [7, 11) is 1.72. The maximum atomic E-state index is 5.87. The number of aromatic nitrogens is 3. The molecule has 6 nitrogen and oxygen atoms in total. The molecule has 6 heteroatoms. The van der Waals surface area contributed by atoms with Gasteiger partial charge in [0.1, 0.15) is 5.75 Å². The van der Waals surface area contributed by atoms with E-state index >= 15 is 0 Å². The Labute approximate surface area is 178 Å². The predicted octanol–water partition coefficient (Wildman–Crippen LogP) is 4.06. The van der Waals surface area contributed by atoms with E-state index in [0.717, 1.165) is 62.6 Å². The molecular weight excluding hydrogens is 376 g/mol. The second-order valence-electron chi connectivity index (χ2n) is 7.81. The maximum absolute atomic E-state index is 5.87. The number of hydrogen-bond donors (Lipinski definition) is 0. The van der Waals surface area contributed by atoms with Gasteiger partial charge in [0.2, 0.25) is 0 Å². The molecule has 158 valence electrons. The normalized spacial score (nSPS) is 15.4. The van der Waals surface area contributed by atoms with Gasteiger partial charge in [0.05, 0.1) is 24.2 Å². The van der Waals surface area contributed by atoms with Crippen LogP contribution in [0.5, 0.6) is 5.75 Å². The van der Waals surface area contributed by atoms with Crippen molar-refractivity contribution in [2.24, 2.45) is 0 Å². The molecule has 4 rings (SSSR count). The van der Waals surface area contributed by atoms with Crippen molar-refractivity contribution in [3.8, 4) is 11.4 Å². The summed E-state index contributed by atoms with van der Waals surface area (Å²) in [4.78, 5) is 2.47. The molecule has 0 aliphatic carbocycles. The van der Waals surface area contributed by atoms with Crippen molar-refractivity contribution >= 4 is 0 Å². The summed E-state index contributed by atoms with van der Waals surface area (Å²) in [6.45, 7) is 4.42. The fourth-order valence-corrected chi connectivity index (χ4v) is 3.98. The third kappa shape index (κ3) is 5.46. The highest BCUT2D eigenvalue weighted by atomic mass is 16.5. The topological polar surface area (TPSA) is 52.4 Å². The van der Waals surface area contributed by atoms with Crippen molar-refractivity contribution in [2.75, 3.05) is 33.4 Å². The molecule has 3 aromatic rings. The Morgan fingerprint density at radius 2 is 1.83 bits per heavy atom. The highest BCUT2D eigenvalue weighted by Gasteiger charge is 2.21. The lowest BCUT2D eigenvalue weighted by atomic mass is 9.89. The molecule has 0 N–H and O–H groups in total. The second kappa shape index (κ2) is 10.4. The Kier molecular flexibility index (Phi) is 7.11. The van der Waals surface area contributed by atoms with Crippen molar-refractivity contribution in [3.63, 3.8) is 0 Å². The van der Waals surface area contributed by atoms with Gasteiger partial charge in [-0.2, -0.15) is 0 Å². The minimum atomic E-state index is 0.587. The zero-order valence-corrected chi connectivity index (χ0v) is 17.6. The Bertz CT molecular complexity index is 904. The van der Waals surface area contributed by atoms with Crippen LogP contribution in [0.25, 0.3) is 5.69 Å². The largest absolute Gasteiger partial charge is 0.493 e. The molecule has 0 saturated carbocycles. The van der Waals surface area contributed by atoms with E-state index in [9.17, 15) is 0 Å². The molecule has 0 spiro atoms. The minimum Gasteiger partial charge on any atom is -0.493 e. The quantitative estimate of drug-likeness (QED) is 0.502. The van der Waals surface area contributed by atoms with Crippen molar-refractivity contribution in [3.05, 3.63) is 72.1 Å². The van der Waals surface area contributed by atoms with E-state index in [4.69, 9.17) is 9.47 Å². The number of nitrogens with zero attached hydrogens (tertiary/aromatic N) is 4. The highest BCUT2D eigenvalue weighted by molar-refractivity contribution is 5.31. The van der Waals surface area contributed by atoms with Gasteiger partial charge in [-0.05, 0) is 61.7 Å². The van der Waals surface area contributed by atoms with Crippen LogP contribution in [0.15, 0.2) is 60.8 Å². The molecule has 0 bridgehead atoms. The zero-order valence-electron chi connectivity index (χ0n) is 17.6. The maximum Gasteiger partial charge on any atom is 0.119 e. The predicted molar refractivity (Wildman–Crippen MR) is 117 cm³/mol. The molecule has 1 aliphatic rings. The van der Waals surface area contributed by atoms with Crippen LogP contribution < -0.4 is 4.74 Å². The smallest absolute Gasteiger partial charge is 0.119 e. The van der Waals surface area contributed by atoms with Crippen LogP contribution in [0.4, 0.5) is 0 Å². The molecule has 0 radical (unpaired) electrons. The van der Waals surface area contributed by atoms with E-state index < -0.39 is 0 Å². The molecule has 1 saturated heterocycles. The Balaban J connectivity index is 1.28. The van der Waals surface area contributed by atoms with Gasteiger partial charge in [-0.25, -0.2) is 4.68 Å². The standard InChI is InChI=1S/C24H30N4O2/c1-29-15-6-16-30-24-10-5-7-21(17-24)20-11-13-27(14-12-20)18-22-19-28(26-25-22)23-8-3-2-4-9-23/h2-5,7-10,17,19-20H,6,11-16,18H2,1H3. The number of likely N-dealkylation sites (tertiary alicyclic amines) is 1. The molecule has 0 amide bonds. The average Bonchev–Trinajstić information content (AvgIpc) is 3.27. The van der Waals surface area contributed by atoms with Gasteiger partial charge in [0, 0.05) is 26.7 Å². The first-order valence-electron chi connectivity index (χ1n) is 10.7. The summed E-state index contributed by atoms with van der Waals surface area (Å²) < 4.78 is 12.8. The SMILES string of the molecule is COCCCOc1cccc(C2CCN(Cc3cn(-c4ccccc4)nn3)CC2)c1. The summed E-state index contributed by atoms with van der Waals surface area (Å²) in [5.74, 6) is 1.55. The first-order chi connectivity index (χ1) is 14.8. The summed E-state index contributed by atoms with van der Waals surface area (Å²) >= 11 is 0. The third-order valence-corrected chi connectivity index (χ3v) is 5.63. The highest BCUT2D eigenvalue weighted by Crippen LogP contribution is 2.30.